The van der Waals surface area contributed by atoms with Crippen molar-refractivity contribution in [2.75, 3.05) is 7.11 Å². The Balaban J connectivity index is 2.12. The lowest BCUT2D eigenvalue weighted by Gasteiger charge is -2.05. The van der Waals surface area contributed by atoms with Crippen LogP contribution in [0.5, 0.6) is 0 Å². The largest absolute Gasteiger partial charge is 0.465 e. The topological polar surface area (TPSA) is 52.1 Å². The van der Waals surface area contributed by atoms with Crippen LogP contribution in [0.1, 0.15) is 16.1 Å². The number of hydrogen-bond acceptors (Lipinski definition) is 5. The van der Waals surface area contributed by atoms with Crippen LogP contribution in [0.15, 0.2) is 47.8 Å². The zero-order chi connectivity index (χ0) is 12.8. The van der Waals surface area contributed by atoms with Crippen molar-refractivity contribution < 1.29 is 9.53 Å². The molecular weight excluding hydrogens is 248 g/mol. The van der Waals surface area contributed by atoms with Gasteiger partial charge in [0.2, 0.25) is 0 Å². The molecule has 0 aromatic carbocycles. The van der Waals surface area contributed by atoms with Crippen molar-refractivity contribution in [3.8, 4) is 0 Å². The highest BCUT2D eigenvalue weighted by atomic mass is 32.2. The van der Waals surface area contributed by atoms with Gasteiger partial charge in [-0.25, -0.2) is 9.78 Å². The molecule has 0 aliphatic carbocycles. The fraction of sp³-hybridized carbons (Fsp3) is 0.154. The van der Waals surface area contributed by atoms with Gasteiger partial charge in [-0.15, -0.1) is 11.8 Å². The first-order chi connectivity index (χ1) is 8.81. The van der Waals surface area contributed by atoms with E-state index in [-0.39, 0.29) is 5.97 Å². The van der Waals surface area contributed by atoms with Crippen molar-refractivity contribution in [3.05, 3.63) is 54.0 Å². The Morgan fingerprint density at radius 1 is 1.22 bits per heavy atom. The predicted molar refractivity (Wildman–Crippen MR) is 69.4 cm³/mol. The van der Waals surface area contributed by atoms with Gasteiger partial charge in [-0.1, -0.05) is 6.07 Å². The summed E-state index contributed by atoms with van der Waals surface area (Å²) in [6.45, 7) is 0. The summed E-state index contributed by atoms with van der Waals surface area (Å²) < 4.78 is 4.73. The molecule has 0 unspecified atom stereocenters. The molecule has 0 aliphatic heterocycles. The van der Waals surface area contributed by atoms with Gasteiger partial charge >= 0.3 is 5.97 Å². The van der Waals surface area contributed by atoms with Crippen LogP contribution in [0.3, 0.4) is 0 Å². The standard InChI is InChI=1S/C13H12N2O2S/c1-17-13(16)10-5-4-8-14-11(10)9-18-12-6-2-3-7-15-12/h2-8H,9H2,1H3. The van der Waals surface area contributed by atoms with E-state index in [1.165, 1.54) is 18.9 Å². The minimum Gasteiger partial charge on any atom is -0.465 e. The molecule has 0 spiro atoms. The van der Waals surface area contributed by atoms with Gasteiger partial charge in [0, 0.05) is 18.1 Å². The predicted octanol–water partition coefficient (Wildman–Crippen LogP) is 2.56. The number of thioether (sulfide) groups is 1. The van der Waals surface area contributed by atoms with Crippen LogP contribution < -0.4 is 0 Å². The first-order valence-corrected chi connectivity index (χ1v) is 6.36. The van der Waals surface area contributed by atoms with Gasteiger partial charge in [-0.3, -0.25) is 4.98 Å². The third-order valence-corrected chi connectivity index (χ3v) is 3.25. The van der Waals surface area contributed by atoms with E-state index in [1.807, 2.05) is 18.2 Å². The molecule has 2 aromatic rings. The van der Waals surface area contributed by atoms with Crippen LogP contribution >= 0.6 is 11.8 Å². The number of hydrogen-bond donors (Lipinski definition) is 0. The van der Waals surface area contributed by atoms with Gasteiger partial charge in [0.05, 0.1) is 23.4 Å². The Kier molecular flexibility index (Phi) is 4.30. The van der Waals surface area contributed by atoms with Crippen molar-refractivity contribution in [3.63, 3.8) is 0 Å². The zero-order valence-corrected chi connectivity index (χ0v) is 10.7. The molecule has 2 aromatic heterocycles. The Morgan fingerprint density at radius 3 is 2.78 bits per heavy atom. The van der Waals surface area contributed by atoms with E-state index >= 15 is 0 Å². The SMILES string of the molecule is COC(=O)c1cccnc1CSc1ccccn1. The van der Waals surface area contributed by atoms with Gasteiger partial charge in [0.25, 0.3) is 0 Å². The summed E-state index contributed by atoms with van der Waals surface area (Å²) >= 11 is 1.53. The number of nitrogens with zero attached hydrogens (tertiary/aromatic N) is 2. The maximum Gasteiger partial charge on any atom is 0.339 e. The molecule has 92 valence electrons. The molecule has 0 amide bonds. The summed E-state index contributed by atoms with van der Waals surface area (Å²) in [4.78, 5) is 20.0. The van der Waals surface area contributed by atoms with Crippen molar-refractivity contribution in [1.82, 2.24) is 9.97 Å². The Morgan fingerprint density at radius 2 is 2.06 bits per heavy atom. The average molecular weight is 260 g/mol. The molecule has 5 heteroatoms. The average Bonchev–Trinajstić information content (AvgIpc) is 2.45. The Bertz CT molecular complexity index is 532. The molecule has 0 radical (unpaired) electrons. The highest BCUT2D eigenvalue weighted by molar-refractivity contribution is 7.98. The van der Waals surface area contributed by atoms with Gasteiger partial charge in [0.15, 0.2) is 0 Å². The summed E-state index contributed by atoms with van der Waals surface area (Å²) in [5.74, 6) is 0.224. The second-order valence-corrected chi connectivity index (χ2v) is 4.44. The molecule has 0 saturated carbocycles. The Hall–Kier alpha value is -1.88. The van der Waals surface area contributed by atoms with Crippen LogP contribution in [-0.2, 0) is 10.5 Å². The lowest BCUT2D eigenvalue weighted by molar-refractivity contribution is 0.0599. The van der Waals surface area contributed by atoms with Crippen molar-refractivity contribution in [2.24, 2.45) is 0 Å². The molecule has 0 saturated heterocycles. The lowest BCUT2D eigenvalue weighted by Crippen LogP contribution is -2.06. The monoisotopic (exact) mass is 260 g/mol. The van der Waals surface area contributed by atoms with E-state index in [1.54, 1.807) is 24.5 Å². The first kappa shape index (κ1) is 12.6. The van der Waals surface area contributed by atoms with E-state index < -0.39 is 0 Å². The number of carbonyl (C=O) groups is 1. The van der Waals surface area contributed by atoms with Crippen LogP contribution in [0, 0.1) is 0 Å². The van der Waals surface area contributed by atoms with E-state index in [0.29, 0.717) is 17.0 Å². The summed E-state index contributed by atoms with van der Waals surface area (Å²) in [5.41, 5.74) is 1.21. The highest BCUT2D eigenvalue weighted by Crippen LogP contribution is 2.21. The number of aromatic nitrogens is 2. The molecule has 18 heavy (non-hydrogen) atoms. The normalized spacial score (nSPS) is 10.1. The maximum atomic E-state index is 11.6. The van der Waals surface area contributed by atoms with Crippen molar-refractivity contribution >= 4 is 17.7 Å². The van der Waals surface area contributed by atoms with Crippen LogP contribution in [-0.4, -0.2) is 23.0 Å². The molecule has 2 rings (SSSR count). The quantitative estimate of drug-likeness (QED) is 0.624. The molecule has 0 aliphatic rings. The fourth-order valence-electron chi connectivity index (χ4n) is 1.42. The fourth-order valence-corrected chi connectivity index (χ4v) is 2.25. The van der Waals surface area contributed by atoms with Gasteiger partial charge < -0.3 is 4.74 Å². The third-order valence-electron chi connectivity index (χ3n) is 2.29. The van der Waals surface area contributed by atoms with Crippen LogP contribution in [0.2, 0.25) is 0 Å². The molecule has 0 atom stereocenters. The molecule has 0 bridgehead atoms. The van der Waals surface area contributed by atoms with Gasteiger partial charge in [-0.05, 0) is 24.3 Å². The summed E-state index contributed by atoms with van der Waals surface area (Å²) in [6, 6.07) is 9.15. The lowest BCUT2D eigenvalue weighted by atomic mass is 10.2. The minimum absolute atomic E-state index is 0.361. The Labute approximate surface area is 109 Å². The highest BCUT2D eigenvalue weighted by Gasteiger charge is 2.12. The zero-order valence-electron chi connectivity index (χ0n) is 9.87. The first-order valence-electron chi connectivity index (χ1n) is 5.37. The van der Waals surface area contributed by atoms with Gasteiger partial charge in [-0.2, -0.15) is 0 Å². The number of rotatable bonds is 4. The smallest absolute Gasteiger partial charge is 0.339 e. The van der Waals surface area contributed by atoms with Crippen LogP contribution in [0.4, 0.5) is 0 Å². The van der Waals surface area contributed by atoms with Crippen LogP contribution in [0.25, 0.3) is 0 Å². The minimum atomic E-state index is -0.361. The number of pyridine rings is 2. The van der Waals surface area contributed by atoms with E-state index in [2.05, 4.69) is 9.97 Å². The molecule has 0 fully saturated rings. The maximum absolute atomic E-state index is 11.6. The summed E-state index contributed by atoms with van der Waals surface area (Å²) in [5, 5.41) is 0.902. The number of ether oxygens (including phenoxy) is 1. The summed E-state index contributed by atoms with van der Waals surface area (Å²) in [6.07, 6.45) is 3.41. The number of methoxy groups -OCH3 is 1. The van der Waals surface area contributed by atoms with E-state index in [9.17, 15) is 4.79 Å². The van der Waals surface area contributed by atoms with E-state index in [0.717, 1.165) is 5.03 Å². The van der Waals surface area contributed by atoms with Crippen molar-refractivity contribution in [2.45, 2.75) is 10.8 Å². The van der Waals surface area contributed by atoms with Gasteiger partial charge in [0.1, 0.15) is 0 Å². The third kappa shape index (κ3) is 3.07. The van der Waals surface area contributed by atoms with E-state index in [4.69, 9.17) is 4.74 Å². The number of carbonyl (C=O) groups excluding carboxylic acids is 1. The van der Waals surface area contributed by atoms with Crippen molar-refractivity contribution in [1.29, 1.82) is 0 Å². The molecule has 2 heterocycles. The summed E-state index contributed by atoms with van der Waals surface area (Å²) in [7, 11) is 1.37. The molecular formula is C13H12N2O2S. The second kappa shape index (κ2) is 6.16. The second-order valence-electron chi connectivity index (χ2n) is 3.45. The molecule has 4 nitrogen and oxygen atoms in total. The molecule has 0 N–H and O–H groups in total. The number of esters is 1.